The van der Waals surface area contributed by atoms with Gasteiger partial charge in [0.1, 0.15) is 5.69 Å². The number of rotatable bonds is 4. The quantitative estimate of drug-likeness (QED) is 0.646. The van der Waals surface area contributed by atoms with Crippen LogP contribution in [0.1, 0.15) is 84.5 Å². The van der Waals surface area contributed by atoms with Crippen molar-refractivity contribution in [3.05, 3.63) is 47.2 Å². The number of alkyl halides is 2. The highest BCUT2D eigenvalue weighted by Crippen LogP contribution is 2.40. The fourth-order valence-corrected chi connectivity index (χ4v) is 4.28. The predicted molar refractivity (Wildman–Crippen MR) is 105 cm³/mol. The number of hydrogen-bond acceptors (Lipinski definition) is 4. The summed E-state index contributed by atoms with van der Waals surface area (Å²) in [4.78, 5) is 19.7. The van der Waals surface area contributed by atoms with E-state index in [2.05, 4.69) is 15.2 Å². The molecule has 3 aromatic heterocycles. The van der Waals surface area contributed by atoms with E-state index in [1.54, 1.807) is 15.6 Å². The number of fused-ring (bicyclic) bond motifs is 1. The largest absolute Gasteiger partial charge is 0.329 e. The Labute approximate surface area is 172 Å². The first-order chi connectivity index (χ1) is 14.5. The van der Waals surface area contributed by atoms with Crippen LogP contribution in [-0.2, 0) is 7.05 Å². The van der Waals surface area contributed by atoms with Crippen LogP contribution in [0.3, 0.4) is 0 Å². The van der Waals surface area contributed by atoms with Crippen molar-refractivity contribution in [2.24, 2.45) is 7.05 Å². The number of likely N-dealkylation sites (tertiary alicyclic amines) is 1. The van der Waals surface area contributed by atoms with Gasteiger partial charge in [-0.25, -0.2) is 18.3 Å². The average molecular weight is 414 g/mol. The topological polar surface area (TPSA) is 68.3 Å². The molecule has 2 aliphatic rings. The molecule has 0 unspecified atom stereocenters. The lowest BCUT2D eigenvalue weighted by Gasteiger charge is -2.28. The van der Waals surface area contributed by atoms with Crippen LogP contribution >= 0.6 is 0 Å². The van der Waals surface area contributed by atoms with Gasteiger partial charge in [0.15, 0.2) is 11.3 Å². The van der Waals surface area contributed by atoms with Crippen LogP contribution in [0.5, 0.6) is 0 Å². The van der Waals surface area contributed by atoms with Crippen LogP contribution in [0.4, 0.5) is 8.78 Å². The van der Waals surface area contributed by atoms with Crippen LogP contribution in [-0.4, -0.2) is 41.7 Å². The van der Waals surface area contributed by atoms with Gasteiger partial charge in [0.25, 0.3) is 12.3 Å². The maximum absolute atomic E-state index is 13.7. The number of carbonyl (C=O) groups excluding carboxylic acids is 1. The molecule has 30 heavy (non-hydrogen) atoms. The van der Waals surface area contributed by atoms with Gasteiger partial charge in [0, 0.05) is 37.5 Å². The number of carbonyl (C=O) groups is 1. The second-order valence-electron chi connectivity index (χ2n) is 8.26. The maximum atomic E-state index is 13.7. The zero-order valence-corrected chi connectivity index (χ0v) is 16.8. The van der Waals surface area contributed by atoms with Gasteiger partial charge in [-0.1, -0.05) is 12.8 Å². The molecule has 1 saturated heterocycles. The Hall–Kier alpha value is -2.84. The molecule has 4 heterocycles. The van der Waals surface area contributed by atoms with E-state index in [1.165, 1.54) is 6.07 Å². The molecule has 0 N–H and O–H groups in total. The van der Waals surface area contributed by atoms with E-state index in [-0.39, 0.29) is 29.3 Å². The third-order valence-corrected chi connectivity index (χ3v) is 6.00. The van der Waals surface area contributed by atoms with Crippen molar-refractivity contribution in [3.63, 3.8) is 0 Å². The monoisotopic (exact) mass is 414 g/mol. The molecular formula is C21H24F2N6O. The molecule has 9 heteroatoms. The Morgan fingerprint density at radius 2 is 1.93 bits per heavy atom. The number of halogens is 2. The van der Waals surface area contributed by atoms with Crippen molar-refractivity contribution in [3.8, 4) is 0 Å². The van der Waals surface area contributed by atoms with Crippen LogP contribution in [0.25, 0.3) is 5.65 Å². The summed E-state index contributed by atoms with van der Waals surface area (Å²) >= 11 is 0. The summed E-state index contributed by atoms with van der Waals surface area (Å²) in [5.41, 5.74) is 1.76. The number of aryl methyl sites for hydroxylation is 1. The first-order valence-corrected chi connectivity index (χ1v) is 10.5. The fraction of sp³-hybridized carbons (Fsp3) is 0.524. The number of aromatic nitrogens is 5. The highest BCUT2D eigenvalue weighted by atomic mass is 19.3. The summed E-state index contributed by atoms with van der Waals surface area (Å²) in [6.07, 6.45) is 4.88. The Morgan fingerprint density at radius 1 is 1.10 bits per heavy atom. The molecule has 1 saturated carbocycles. The van der Waals surface area contributed by atoms with E-state index in [0.717, 1.165) is 48.7 Å². The Balaban J connectivity index is 1.53. The van der Waals surface area contributed by atoms with Crippen LogP contribution in [0.2, 0.25) is 0 Å². The number of nitrogens with zero attached hydrogens (tertiary/aromatic N) is 6. The van der Waals surface area contributed by atoms with Gasteiger partial charge >= 0.3 is 0 Å². The summed E-state index contributed by atoms with van der Waals surface area (Å²) in [6.45, 7) is 0.594. The van der Waals surface area contributed by atoms with Crippen LogP contribution < -0.4 is 0 Å². The zero-order valence-electron chi connectivity index (χ0n) is 16.8. The molecule has 0 bridgehead atoms. The normalized spacial score (nSPS) is 20.1. The Kier molecular flexibility index (Phi) is 4.75. The molecule has 1 aliphatic carbocycles. The number of hydrogen-bond donors (Lipinski definition) is 0. The third kappa shape index (κ3) is 3.46. The molecule has 7 nitrogen and oxygen atoms in total. The van der Waals surface area contributed by atoms with E-state index in [0.29, 0.717) is 17.9 Å². The molecule has 0 spiro atoms. The Morgan fingerprint density at radius 3 is 2.63 bits per heavy atom. The fourth-order valence-electron chi connectivity index (χ4n) is 4.28. The van der Waals surface area contributed by atoms with Crippen molar-refractivity contribution < 1.29 is 13.6 Å². The van der Waals surface area contributed by atoms with E-state index in [1.807, 2.05) is 19.3 Å². The molecule has 3 aromatic rings. The van der Waals surface area contributed by atoms with E-state index in [9.17, 15) is 13.6 Å². The van der Waals surface area contributed by atoms with Gasteiger partial charge in [-0.15, -0.1) is 0 Å². The minimum absolute atomic E-state index is 0.143. The summed E-state index contributed by atoms with van der Waals surface area (Å²) in [5, 5.41) is 8.76. The lowest BCUT2D eigenvalue weighted by Crippen LogP contribution is -2.35. The van der Waals surface area contributed by atoms with Crippen molar-refractivity contribution >= 4 is 11.6 Å². The van der Waals surface area contributed by atoms with Crippen molar-refractivity contribution in [1.82, 2.24) is 29.3 Å². The SMILES string of the molecule is Cn1ccc([C@@H]2CCCCCN2C(=O)c2cc3nc(C4CC4)cc(C(F)F)n3n2)n1. The zero-order chi connectivity index (χ0) is 20.8. The summed E-state index contributed by atoms with van der Waals surface area (Å²) in [5.74, 6) is -0.0214. The molecule has 1 atom stereocenters. The van der Waals surface area contributed by atoms with Gasteiger partial charge < -0.3 is 4.90 Å². The summed E-state index contributed by atoms with van der Waals surface area (Å²) < 4.78 is 30.2. The Bertz CT molecular complexity index is 1090. The predicted octanol–water partition coefficient (Wildman–Crippen LogP) is 4.04. The molecule has 158 valence electrons. The van der Waals surface area contributed by atoms with Gasteiger partial charge in [-0.05, 0) is 37.8 Å². The molecule has 0 aromatic carbocycles. The minimum Gasteiger partial charge on any atom is -0.329 e. The van der Waals surface area contributed by atoms with Gasteiger partial charge in [-0.3, -0.25) is 9.48 Å². The maximum Gasteiger partial charge on any atom is 0.280 e. The molecule has 2 fully saturated rings. The smallest absolute Gasteiger partial charge is 0.280 e. The van der Waals surface area contributed by atoms with Crippen molar-refractivity contribution in [2.75, 3.05) is 6.54 Å². The highest BCUT2D eigenvalue weighted by molar-refractivity contribution is 5.93. The van der Waals surface area contributed by atoms with E-state index < -0.39 is 6.43 Å². The molecular weight excluding hydrogens is 390 g/mol. The van der Waals surface area contributed by atoms with Crippen molar-refractivity contribution in [1.29, 1.82) is 0 Å². The van der Waals surface area contributed by atoms with Crippen LogP contribution in [0.15, 0.2) is 24.4 Å². The molecule has 5 rings (SSSR count). The van der Waals surface area contributed by atoms with Crippen molar-refractivity contribution in [2.45, 2.75) is 56.9 Å². The first-order valence-electron chi connectivity index (χ1n) is 10.5. The first kappa shape index (κ1) is 19.1. The highest BCUT2D eigenvalue weighted by Gasteiger charge is 2.32. The lowest BCUT2D eigenvalue weighted by molar-refractivity contribution is 0.0669. The average Bonchev–Trinajstić information content (AvgIpc) is 3.42. The summed E-state index contributed by atoms with van der Waals surface area (Å²) in [6, 6.07) is 4.76. The second kappa shape index (κ2) is 7.45. The molecule has 0 radical (unpaired) electrons. The summed E-state index contributed by atoms with van der Waals surface area (Å²) in [7, 11) is 1.85. The third-order valence-electron chi connectivity index (χ3n) is 6.00. The second-order valence-corrected chi connectivity index (χ2v) is 8.26. The molecule has 1 amide bonds. The minimum atomic E-state index is -2.68. The lowest BCUT2D eigenvalue weighted by atomic mass is 10.1. The van der Waals surface area contributed by atoms with E-state index >= 15 is 0 Å². The standard InChI is InChI=1S/C21H24F2N6O/c1-27-10-8-14(25-27)17-5-3-2-4-9-28(17)21(30)16-12-19-24-15(13-6-7-13)11-18(20(22)23)29(19)26-16/h8,10-13,17,20H,2-7,9H2,1H3/t17-/m0/s1. The molecule has 1 aliphatic heterocycles. The van der Waals surface area contributed by atoms with Gasteiger partial charge in [-0.2, -0.15) is 10.2 Å². The van der Waals surface area contributed by atoms with Gasteiger partial charge in [0.05, 0.1) is 11.7 Å². The number of amides is 1. The van der Waals surface area contributed by atoms with Gasteiger partial charge in [0.2, 0.25) is 0 Å². The van der Waals surface area contributed by atoms with Crippen LogP contribution in [0, 0.1) is 0 Å². The van der Waals surface area contributed by atoms with E-state index in [4.69, 9.17) is 0 Å².